The summed E-state index contributed by atoms with van der Waals surface area (Å²) in [5.41, 5.74) is 1.92. The zero-order valence-corrected chi connectivity index (χ0v) is 15.6. The molecule has 0 aliphatic carbocycles. The van der Waals surface area contributed by atoms with Gasteiger partial charge in [-0.25, -0.2) is 4.98 Å². The van der Waals surface area contributed by atoms with Crippen molar-refractivity contribution in [3.63, 3.8) is 0 Å². The second-order valence-electron chi connectivity index (χ2n) is 6.72. The summed E-state index contributed by atoms with van der Waals surface area (Å²) < 4.78 is 12.5. The Kier molecular flexibility index (Phi) is 4.81. The van der Waals surface area contributed by atoms with Gasteiger partial charge < -0.3 is 9.47 Å². The first-order valence-electron chi connectivity index (χ1n) is 9.11. The number of nitrogens with zero attached hydrogens (tertiary/aromatic N) is 3. The molecule has 2 aromatic carbocycles. The van der Waals surface area contributed by atoms with Crippen LogP contribution < -0.4 is 15.0 Å². The second kappa shape index (κ2) is 7.40. The first-order valence-corrected chi connectivity index (χ1v) is 9.11. The predicted molar refractivity (Wildman–Crippen MR) is 105 cm³/mol. The Morgan fingerprint density at radius 3 is 2.48 bits per heavy atom. The van der Waals surface area contributed by atoms with Crippen molar-refractivity contribution in [3.05, 3.63) is 64.2 Å². The van der Waals surface area contributed by atoms with Crippen LogP contribution in [-0.2, 0) is 19.5 Å². The number of hydrogen-bond donors (Lipinski definition) is 0. The molecule has 1 aliphatic heterocycles. The molecule has 2 heterocycles. The van der Waals surface area contributed by atoms with E-state index in [0.717, 1.165) is 31.9 Å². The van der Waals surface area contributed by atoms with Crippen LogP contribution in [0.3, 0.4) is 0 Å². The van der Waals surface area contributed by atoms with Gasteiger partial charge in [0.05, 0.1) is 25.1 Å². The molecule has 0 atom stereocenters. The summed E-state index contributed by atoms with van der Waals surface area (Å²) in [5.74, 6) is 1.96. The molecule has 0 N–H and O–H groups in total. The van der Waals surface area contributed by atoms with E-state index in [-0.39, 0.29) is 5.56 Å². The quantitative estimate of drug-likeness (QED) is 0.711. The molecule has 0 saturated heterocycles. The van der Waals surface area contributed by atoms with Crippen molar-refractivity contribution in [2.45, 2.75) is 19.5 Å². The van der Waals surface area contributed by atoms with Crippen LogP contribution in [0.15, 0.2) is 47.3 Å². The van der Waals surface area contributed by atoms with Crippen molar-refractivity contribution in [1.82, 2.24) is 14.5 Å². The number of ether oxygens (including phenoxy) is 2. The first-order chi connectivity index (χ1) is 13.2. The fourth-order valence-electron chi connectivity index (χ4n) is 3.63. The maximum Gasteiger partial charge on any atom is 0.261 e. The minimum atomic E-state index is -0.0162. The standard InChI is InChI=1S/C21H23N3O3/c1-26-18-12-16-17(13-19(18)27-2)22-20-8-9-23(10-11-24(20)21(16)25)14-15-6-4-3-5-7-15/h3-7,12-13H,8-11,14H2,1-2H3. The molecular weight excluding hydrogens is 342 g/mol. The maximum atomic E-state index is 13.1. The lowest BCUT2D eigenvalue weighted by Crippen LogP contribution is -2.28. The van der Waals surface area contributed by atoms with Gasteiger partial charge in [0, 0.05) is 38.7 Å². The summed E-state index contributed by atoms with van der Waals surface area (Å²) in [6, 6.07) is 13.9. The van der Waals surface area contributed by atoms with Gasteiger partial charge in [-0.15, -0.1) is 0 Å². The van der Waals surface area contributed by atoms with Crippen LogP contribution in [0, 0.1) is 0 Å². The largest absolute Gasteiger partial charge is 0.493 e. The van der Waals surface area contributed by atoms with Crippen LogP contribution in [0.25, 0.3) is 10.9 Å². The zero-order chi connectivity index (χ0) is 18.8. The Morgan fingerprint density at radius 1 is 1.00 bits per heavy atom. The Labute approximate surface area is 158 Å². The molecular formula is C21H23N3O3. The molecule has 27 heavy (non-hydrogen) atoms. The molecule has 0 fully saturated rings. The molecule has 1 aliphatic rings. The lowest BCUT2D eigenvalue weighted by Gasteiger charge is -2.19. The number of benzene rings is 2. The van der Waals surface area contributed by atoms with E-state index >= 15 is 0 Å². The van der Waals surface area contributed by atoms with Gasteiger partial charge in [0.1, 0.15) is 5.82 Å². The minimum absolute atomic E-state index is 0.0162. The van der Waals surface area contributed by atoms with Crippen molar-refractivity contribution in [2.24, 2.45) is 0 Å². The highest BCUT2D eigenvalue weighted by Gasteiger charge is 2.19. The number of rotatable bonds is 4. The summed E-state index contributed by atoms with van der Waals surface area (Å²) in [4.78, 5) is 20.2. The lowest BCUT2D eigenvalue weighted by atomic mass is 10.2. The molecule has 6 nitrogen and oxygen atoms in total. The number of methoxy groups -OCH3 is 2. The molecule has 0 bridgehead atoms. The molecule has 0 saturated carbocycles. The molecule has 0 radical (unpaired) electrons. The van der Waals surface area contributed by atoms with E-state index in [1.807, 2.05) is 6.07 Å². The van der Waals surface area contributed by atoms with Crippen molar-refractivity contribution in [1.29, 1.82) is 0 Å². The van der Waals surface area contributed by atoms with E-state index in [1.54, 1.807) is 30.9 Å². The van der Waals surface area contributed by atoms with Gasteiger partial charge in [-0.1, -0.05) is 30.3 Å². The predicted octanol–water partition coefficient (Wildman–Crippen LogP) is 2.47. The molecule has 3 aromatic rings. The topological polar surface area (TPSA) is 56.6 Å². The fraction of sp³-hybridized carbons (Fsp3) is 0.333. The van der Waals surface area contributed by atoms with Crippen LogP contribution in [0.2, 0.25) is 0 Å². The van der Waals surface area contributed by atoms with E-state index < -0.39 is 0 Å². The molecule has 0 amide bonds. The molecule has 1 aromatic heterocycles. The van der Waals surface area contributed by atoms with Crippen LogP contribution in [0.4, 0.5) is 0 Å². The monoisotopic (exact) mass is 365 g/mol. The maximum absolute atomic E-state index is 13.1. The van der Waals surface area contributed by atoms with Crippen molar-refractivity contribution in [3.8, 4) is 11.5 Å². The van der Waals surface area contributed by atoms with E-state index in [9.17, 15) is 4.79 Å². The normalized spacial score (nSPS) is 14.6. The van der Waals surface area contributed by atoms with Crippen molar-refractivity contribution < 1.29 is 9.47 Å². The van der Waals surface area contributed by atoms with Crippen LogP contribution in [0.5, 0.6) is 11.5 Å². The molecule has 140 valence electrons. The number of aromatic nitrogens is 2. The van der Waals surface area contributed by atoms with Gasteiger partial charge >= 0.3 is 0 Å². The zero-order valence-electron chi connectivity index (χ0n) is 15.6. The van der Waals surface area contributed by atoms with Gasteiger partial charge in [0.2, 0.25) is 0 Å². The summed E-state index contributed by atoms with van der Waals surface area (Å²) in [7, 11) is 3.15. The molecule has 0 unspecified atom stereocenters. The third-order valence-electron chi connectivity index (χ3n) is 5.08. The molecule has 0 spiro atoms. The highest BCUT2D eigenvalue weighted by Crippen LogP contribution is 2.30. The number of hydrogen-bond acceptors (Lipinski definition) is 5. The third-order valence-corrected chi connectivity index (χ3v) is 5.08. The smallest absolute Gasteiger partial charge is 0.261 e. The average Bonchev–Trinajstić information content (AvgIpc) is 2.90. The van der Waals surface area contributed by atoms with E-state index in [4.69, 9.17) is 14.5 Å². The Balaban J connectivity index is 1.67. The average molecular weight is 365 g/mol. The van der Waals surface area contributed by atoms with Crippen LogP contribution >= 0.6 is 0 Å². The summed E-state index contributed by atoms with van der Waals surface area (Å²) in [6.07, 6.45) is 0.742. The van der Waals surface area contributed by atoms with Gasteiger partial charge in [-0.3, -0.25) is 14.3 Å². The van der Waals surface area contributed by atoms with Gasteiger partial charge in [-0.2, -0.15) is 0 Å². The first kappa shape index (κ1) is 17.5. The molecule has 4 rings (SSSR count). The van der Waals surface area contributed by atoms with Crippen LogP contribution in [-0.4, -0.2) is 41.8 Å². The lowest BCUT2D eigenvalue weighted by molar-refractivity contribution is 0.271. The Morgan fingerprint density at radius 2 is 1.74 bits per heavy atom. The van der Waals surface area contributed by atoms with Crippen molar-refractivity contribution >= 4 is 10.9 Å². The Hall–Kier alpha value is -2.86. The molecule has 6 heteroatoms. The highest BCUT2D eigenvalue weighted by molar-refractivity contribution is 5.82. The highest BCUT2D eigenvalue weighted by atomic mass is 16.5. The van der Waals surface area contributed by atoms with E-state index in [1.165, 1.54) is 5.56 Å². The van der Waals surface area contributed by atoms with Crippen LogP contribution in [0.1, 0.15) is 11.4 Å². The van der Waals surface area contributed by atoms with Gasteiger partial charge in [0.25, 0.3) is 5.56 Å². The second-order valence-corrected chi connectivity index (χ2v) is 6.72. The van der Waals surface area contributed by atoms with Gasteiger partial charge in [0.15, 0.2) is 11.5 Å². The van der Waals surface area contributed by atoms with E-state index in [2.05, 4.69) is 29.2 Å². The Bertz CT molecular complexity index is 1010. The summed E-state index contributed by atoms with van der Waals surface area (Å²) in [5, 5.41) is 0.563. The summed E-state index contributed by atoms with van der Waals surface area (Å²) in [6.45, 7) is 3.21. The van der Waals surface area contributed by atoms with E-state index in [0.29, 0.717) is 28.9 Å². The minimum Gasteiger partial charge on any atom is -0.493 e. The fourth-order valence-corrected chi connectivity index (χ4v) is 3.63. The van der Waals surface area contributed by atoms with Gasteiger partial charge in [-0.05, 0) is 11.6 Å². The SMILES string of the molecule is COc1cc2nc3n(c(=O)c2cc1OC)CCN(Cc1ccccc1)CC3. The third kappa shape index (κ3) is 3.40. The van der Waals surface area contributed by atoms with Crippen molar-refractivity contribution in [2.75, 3.05) is 27.3 Å². The summed E-state index contributed by atoms with van der Waals surface area (Å²) >= 11 is 0. The number of fused-ring (bicyclic) bond motifs is 2.